The maximum absolute atomic E-state index is 13.2. The van der Waals surface area contributed by atoms with Gasteiger partial charge in [-0.1, -0.05) is 23.5 Å². The Morgan fingerprint density at radius 3 is 2.79 bits per heavy atom. The van der Waals surface area contributed by atoms with Crippen LogP contribution in [0.15, 0.2) is 42.6 Å². The molecular weight excluding hydrogens is 440 g/mol. The number of amides is 1. The Morgan fingerprint density at radius 1 is 1.15 bits per heavy atom. The molecule has 0 aliphatic carbocycles. The molecule has 0 saturated carbocycles. The fourth-order valence-corrected chi connectivity index (χ4v) is 4.89. The van der Waals surface area contributed by atoms with Crippen molar-refractivity contribution in [1.29, 1.82) is 0 Å². The number of aromatic nitrogens is 4. The average molecular weight is 467 g/mol. The van der Waals surface area contributed by atoms with E-state index in [4.69, 9.17) is 4.74 Å². The molecule has 5 rings (SSSR count). The lowest BCUT2D eigenvalue weighted by Gasteiger charge is -2.37. The molecule has 2 fully saturated rings. The molecule has 4 heterocycles. The van der Waals surface area contributed by atoms with E-state index in [0.717, 1.165) is 56.2 Å². The van der Waals surface area contributed by atoms with Crippen LogP contribution >= 0.6 is 11.3 Å². The molecule has 2 aromatic heterocycles. The number of hydrogen-bond donors (Lipinski definition) is 2. The second-order valence-electron chi connectivity index (χ2n) is 8.13. The van der Waals surface area contributed by atoms with Crippen molar-refractivity contribution in [3.05, 3.63) is 48.2 Å². The van der Waals surface area contributed by atoms with E-state index in [-0.39, 0.29) is 18.0 Å². The summed E-state index contributed by atoms with van der Waals surface area (Å²) in [7, 11) is 1.63. The van der Waals surface area contributed by atoms with Crippen molar-refractivity contribution in [1.82, 2.24) is 25.3 Å². The van der Waals surface area contributed by atoms with E-state index in [1.165, 1.54) is 11.3 Å². The average Bonchev–Trinajstić information content (AvgIpc) is 3.46. The first-order valence-electron chi connectivity index (χ1n) is 11.0. The zero-order valence-electron chi connectivity index (χ0n) is 18.3. The van der Waals surface area contributed by atoms with Crippen LogP contribution in [-0.4, -0.2) is 70.5 Å². The lowest BCUT2D eigenvalue weighted by molar-refractivity contribution is -0.123. The van der Waals surface area contributed by atoms with Crippen molar-refractivity contribution in [2.45, 2.75) is 24.9 Å². The van der Waals surface area contributed by atoms with Gasteiger partial charge in [-0.2, -0.15) is 5.10 Å². The minimum absolute atomic E-state index is 0.111. The SMILES string of the molecule is COc1cccc([C@H](C(=O)Nc2nnc(N[C@@H]3CCN(c4cccnn4)C3)s2)N2CCC2)c1. The second-order valence-corrected chi connectivity index (χ2v) is 9.11. The van der Waals surface area contributed by atoms with E-state index >= 15 is 0 Å². The lowest BCUT2D eigenvalue weighted by atomic mass is 10.0. The number of anilines is 3. The normalized spacial score (nSPS) is 19.1. The molecule has 0 radical (unpaired) electrons. The maximum atomic E-state index is 13.2. The minimum atomic E-state index is -0.385. The molecule has 2 saturated heterocycles. The largest absolute Gasteiger partial charge is 0.497 e. The molecule has 0 spiro atoms. The Hall–Kier alpha value is -3.31. The molecule has 33 heavy (non-hydrogen) atoms. The van der Waals surface area contributed by atoms with Gasteiger partial charge in [0.1, 0.15) is 11.8 Å². The Morgan fingerprint density at radius 2 is 2.03 bits per heavy atom. The van der Waals surface area contributed by atoms with Crippen molar-refractivity contribution in [3.8, 4) is 5.75 Å². The Bertz CT molecular complexity index is 1090. The van der Waals surface area contributed by atoms with E-state index in [1.54, 1.807) is 13.3 Å². The summed E-state index contributed by atoms with van der Waals surface area (Å²) in [4.78, 5) is 17.6. The molecule has 3 aromatic rings. The van der Waals surface area contributed by atoms with E-state index < -0.39 is 0 Å². The molecule has 10 nitrogen and oxygen atoms in total. The van der Waals surface area contributed by atoms with Gasteiger partial charge in [-0.25, -0.2) is 0 Å². The molecule has 2 N–H and O–H groups in total. The standard InChI is InChI=1S/C22H26N8O2S/c1-32-17-6-2-5-15(13-17)19(29-10-4-11-29)20(31)25-22-28-27-21(33-22)24-16-8-12-30(14-16)18-7-3-9-23-26-18/h2-3,5-7,9,13,16,19H,4,8,10-12,14H2,1H3,(H,24,27)(H,25,28,31)/t16-,19-/m1/s1. The quantitative estimate of drug-likeness (QED) is 0.517. The third kappa shape index (κ3) is 4.88. The number of nitrogens with zero attached hydrogens (tertiary/aromatic N) is 6. The maximum Gasteiger partial charge on any atom is 0.248 e. The fraction of sp³-hybridized carbons (Fsp3) is 0.409. The van der Waals surface area contributed by atoms with Crippen LogP contribution < -0.4 is 20.3 Å². The number of carbonyl (C=O) groups excluding carboxylic acids is 1. The molecule has 11 heteroatoms. The first kappa shape index (κ1) is 21.5. The summed E-state index contributed by atoms with van der Waals surface area (Å²) in [6.07, 6.45) is 3.73. The monoisotopic (exact) mass is 466 g/mol. The predicted octanol–water partition coefficient (Wildman–Crippen LogP) is 2.41. The van der Waals surface area contributed by atoms with Gasteiger partial charge in [-0.15, -0.1) is 15.3 Å². The van der Waals surface area contributed by atoms with Gasteiger partial charge in [-0.05, 0) is 42.7 Å². The van der Waals surface area contributed by atoms with E-state index in [9.17, 15) is 4.79 Å². The van der Waals surface area contributed by atoms with E-state index in [1.807, 2.05) is 36.4 Å². The van der Waals surface area contributed by atoms with Crippen LogP contribution in [0, 0.1) is 0 Å². The molecule has 0 bridgehead atoms. The molecule has 2 atom stereocenters. The molecule has 2 aliphatic heterocycles. The molecule has 1 amide bonds. The van der Waals surface area contributed by atoms with Crippen molar-refractivity contribution in [2.75, 3.05) is 48.8 Å². The Kier molecular flexibility index (Phi) is 6.31. The molecule has 2 aliphatic rings. The highest BCUT2D eigenvalue weighted by Gasteiger charge is 2.32. The number of methoxy groups -OCH3 is 1. The van der Waals surface area contributed by atoms with Gasteiger partial charge in [0.15, 0.2) is 5.82 Å². The zero-order valence-corrected chi connectivity index (χ0v) is 19.2. The Labute approximate surface area is 196 Å². The van der Waals surface area contributed by atoms with Crippen LogP contribution in [-0.2, 0) is 4.79 Å². The van der Waals surface area contributed by atoms with E-state index in [2.05, 4.69) is 40.8 Å². The van der Waals surface area contributed by atoms with Crippen LogP contribution in [0.3, 0.4) is 0 Å². The van der Waals surface area contributed by atoms with Crippen LogP contribution in [0.2, 0.25) is 0 Å². The second kappa shape index (κ2) is 9.67. The Balaban J connectivity index is 1.22. The van der Waals surface area contributed by atoms with Crippen LogP contribution in [0.25, 0.3) is 0 Å². The van der Waals surface area contributed by atoms with Crippen molar-refractivity contribution >= 4 is 33.3 Å². The molecule has 1 aromatic carbocycles. The highest BCUT2D eigenvalue weighted by Crippen LogP contribution is 2.31. The predicted molar refractivity (Wildman–Crippen MR) is 127 cm³/mol. The number of rotatable bonds is 8. The van der Waals surface area contributed by atoms with Gasteiger partial charge in [0, 0.05) is 38.4 Å². The third-order valence-corrected chi connectivity index (χ3v) is 6.74. The highest BCUT2D eigenvalue weighted by atomic mass is 32.1. The molecule has 172 valence electrons. The summed E-state index contributed by atoms with van der Waals surface area (Å²) in [5.41, 5.74) is 0.907. The molecular formula is C22H26N8O2S. The lowest BCUT2D eigenvalue weighted by Crippen LogP contribution is -2.45. The van der Waals surface area contributed by atoms with Crippen LogP contribution in [0.4, 0.5) is 16.1 Å². The topological polar surface area (TPSA) is 108 Å². The number of hydrogen-bond acceptors (Lipinski definition) is 10. The zero-order chi connectivity index (χ0) is 22.6. The first-order chi connectivity index (χ1) is 16.2. The van der Waals surface area contributed by atoms with Crippen molar-refractivity contribution in [3.63, 3.8) is 0 Å². The number of benzene rings is 1. The number of ether oxygens (including phenoxy) is 1. The smallest absolute Gasteiger partial charge is 0.248 e. The summed E-state index contributed by atoms with van der Waals surface area (Å²) in [5, 5.41) is 24.1. The van der Waals surface area contributed by atoms with Gasteiger partial charge in [0.2, 0.25) is 16.2 Å². The summed E-state index contributed by atoms with van der Waals surface area (Å²) in [6, 6.07) is 11.4. The summed E-state index contributed by atoms with van der Waals surface area (Å²) in [5.74, 6) is 1.50. The number of likely N-dealkylation sites (tertiary alicyclic amines) is 1. The van der Waals surface area contributed by atoms with Gasteiger partial charge >= 0.3 is 0 Å². The van der Waals surface area contributed by atoms with Crippen LogP contribution in [0.5, 0.6) is 5.75 Å². The minimum Gasteiger partial charge on any atom is -0.497 e. The summed E-state index contributed by atoms with van der Waals surface area (Å²) in [6.45, 7) is 3.49. The van der Waals surface area contributed by atoms with E-state index in [0.29, 0.717) is 10.3 Å². The summed E-state index contributed by atoms with van der Waals surface area (Å²) >= 11 is 1.35. The van der Waals surface area contributed by atoms with Gasteiger partial charge in [-0.3, -0.25) is 15.0 Å². The number of carbonyl (C=O) groups is 1. The fourth-order valence-electron chi connectivity index (χ4n) is 4.17. The van der Waals surface area contributed by atoms with Gasteiger partial charge in [0.25, 0.3) is 0 Å². The molecule has 0 unspecified atom stereocenters. The van der Waals surface area contributed by atoms with Gasteiger partial charge in [0.05, 0.1) is 7.11 Å². The highest BCUT2D eigenvalue weighted by molar-refractivity contribution is 7.19. The van der Waals surface area contributed by atoms with Crippen LogP contribution in [0.1, 0.15) is 24.4 Å². The first-order valence-corrected chi connectivity index (χ1v) is 11.8. The van der Waals surface area contributed by atoms with Gasteiger partial charge < -0.3 is 15.0 Å². The van der Waals surface area contributed by atoms with Crippen molar-refractivity contribution < 1.29 is 9.53 Å². The summed E-state index contributed by atoms with van der Waals surface area (Å²) < 4.78 is 5.35. The third-order valence-electron chi connectivity index (χ3n) is 5.97. The number of nitrogens with one attached hydrogen (secondary N) is 2. The van der Waals surface area contributed by atoms with Crippen molar-refractivity contribution in [2.24, 2.45) is 0 Å².